The first kappa shape index (κ1) is 33.0. The standard InChI is InChI=1S/C29H30F4N4O8S/c1-14(43-29(34)39)25-24(37-27(45-25)16-4-9-22(44-28(32)33)23(10-16)42-13-15-2-3-15)26(38)36-21(12-35-46(40,41)18-6-7-18)19-8-5-17(30)11-20(19)31/h4-5,8-11,14-15,18,21,28,35H,2-3,6-7,12-13H2,1H3,(H2,34,39)(H,36,38)/t14-,21?/m0/s1. The second kappa shape index (κ2) is 13.5. The minimum Gasteiger partial charge on any atom is -0.489 e. The molecule has 1 aromatic heterocycles. The van der Waals surface area contributed by atoms with Crippen molar-refractivity contribution < 1.29 is 54.2 Å². The molecule has 0 spiro atoms. The molecule has 2 aromatic carbocycles. The third-order valence-corrected chi connectivity index (χ3v) is 9.12. The Morgan fingerprint density at radius 3 is 2.46 bits per heavy atom. The van der Waals surface area contributed by atoms with Crippen molar-refractivity contribution in [1.82, 2.24) is 15.0 Å². The first-order valence-corrected chi connectivity index (χ1v) is 15.8. The summed E-state index contributed by atoms with van der Waals surface area (Å²) >= 11 is 0. The summed E-state index contributed by atoms with van der Waals surface area (Å²) in [5, 5.41) is 1.87. The average molecular weight is 671 g/mol. The van der Waals surface area contributed by atoms with Crippen molar-refractivity contribution in [2.45, 2.75) is 56.6 Å². The summed E-state index contributed by atoms with van der Waals surface area (Å²) in [4.78, 5) is 29.4. The number of sulfonamides is 1. The van der Waals surface area contributed by atoms with Gasteiger partial charge < -0.3 is 29.7 Å². The topological polar surface area (TPSA) is 172 Å². The molecule has 0 aliphatic heterocycles. The highest BCUT2D eigenvalue weighted by Crippen LogP contribution is 2.37. The lowest BCUT2D eigenvalue weighted by atomic mass is 10.1. The van der Waals surface area contributed by atoms with E-state index in [9.17, 15) is 35.6 Å². The maximum atomic E-state index is 14.8. The van der Waals surface area contributed by atoms with Crippen LogP contribution in [0, 0.1) is 17.6 Å². The molecule has 1 unspecified atom stereocenters. The molecule has 0 radical (unpaired) electrons. The summed E-state index contributed by atoms with van der Waals surface area (Å²) in [6.07, 6.45) is 0.262. The fourth-order valence-electron chi connectivity index (χ4n) is 4.51. The number of hydrogen-bond donors (Lipinski definition) is 3. The van der Waals surface area contributed by atoms with Crippen molar-refractivity contribution >= 4 is 22.0 Å². The number of rotatable bonds is 15. The normalized spacial score (nSPS) is 16.1. The lowest BCUT2D eigenvalue weighted by Gasteiger charge is -2.20. The predicted octanol–water partition coefficient (Wildman–Crippen LogP) is 4.72. The number of aromatic nitrogens is 1. The van der Waals surface area contributed by atoms with E-state index < -0.39 is 69.9 Å². The van der Waals surface area contributed by atoms with Crippen LogP contribution < -0.4 is 25.2 Å². The van der Waals surface area contributed by atoms with E-state index in [2.05, 4.69) is 19.8 Å². The molecule has 2 atom stereocenters. The Bertz CT molecular complexity index is 1710. The molecule has 2 fully saturated rings. The Labute approximate surface area is 260 Å². The third-order valence-electron chi connectivity index (χ3n) is 7.20. The van der Waals surface area contributed by atoms with Crippen LogP contribution in [0.2, 0.25) is 0 Å². The van der Waals surface area contributed by atoms with E-state index >= 15 is 0 Å². The molecule has 1 heterocycles. The van der Waals surface area contributed by atoms with Gasteiger partial charge in [0, 0.05) is 23.7 Å². The van der Waals surface area contributed by atoms with Crippen LogP contribution in [-0.4, -0.2) is 50.4 Å². The van der Waals surface area contributed by atoms with E-state index in [0.29, 0.717) is 18.9 Å². The summed E-state index contributed by atoms with van der Waals surface area (Å²) < 4.78 is 103. The summed E-state index contributed by atoms with van der Waals surface area (Å²) in [6, 6.07) is 5.07. The highest BCUT2D eigenvalue weighted by atomic mass is 32.2. The number of primary amides is 1. The maximum Gasteiger partial charge on any atom is 0.405 e. The van der Waals surface area contributed by atoms with Crippen LogP contribution >= 0.6 is 0 Å². The number of alkyl halides is 2. The molecule has 2 aliphatic rings. The number of oxazole rings is 1. The van der Waals surface area contributed by atoms with Gasteiger partial charge in [0.2, 0.25) is 15.9 Å². The Morgan fingerprint density at radius 1 is 1.09 bits per heavy atom. The van der Waals surface area contributed by atoms with E-state index in [0.717, 1.165) is 25.0 Å². The number of halogens is 4. The Kier molecular flexibility index (Phi) is 9.71. The quantitative estimate of drug-likeness (QED) is 0.194. The zero-order valence-electron chi connectivity index (χ0n) is 24.3. The molecule has 5 rings (SSSR count). The van der Waals surface area contributed by atoms with Gasteiger partial charge in [-0.1, -0.05) is 6.07 Å². The monoisotopic (exact) mass is 670 g/mol. The highest BCUT2D eigenvalue weighted by molar-refractivity contribution is 7.90. The van der Waals surface area contributed by atoms with Crippen molar-refractivity contribution in [2.24, 2.45) is 11.7 Å². The van der Waals surface area contributed by atoms with Crippen molar-refractivity contribution in [2.75, 3.05) is 13.2 Å². The number of nitrogens with two attached hydrogens (primary N) is 1. The van der Waals surface area contributed by atoms with Crippen LogP contribution in [0.25, 0.3) is 11.5 Å². The molecular formula is C29H30F4N4O8S. The van der Waals surface area contributed by atoms with E-state index in [1.807, 2.05) is 0 Å². The van der Waals surface area contributed by atoms with Crippen LogP contribution in [0.15, 0.2) is 40.8 Å². The zero-order valence-corrected chi connectivity index (χ0v) is 25.1. The molecule has 46 heavy (non-hydrogen) atoms. The molecule has 2 saturated carbocycles. The number of carbonyl (C=O) groups is 2. The molecule has 0 saturated heterocycles. The largest absolute Gasteiger partial charge is 0.489 e. The number of nitrogens with one attached hydrogen (secondary N) is 2. The van der Waals surface area contributed by atoms with Crippen molar-refractivity contribution in [3.8, 4) is 23.0 Å². The number of ether oxygens (including phenoxy) is 3. The second-order valence-corrected chi connectivity index (χ2v) is 12.9. The average Bonchev–Trinajstić information content (AvgIpc) is 3.92. The SMILES string of the molecule is C[C@H](OC(N)=O)c1oc(-c2ccc(OC(F)F)c(OCC3CC3)c2)nc1C(=O)NC(CNS(=O)(=O)C1CC1)c1ccc(F)cc1F. The lowest BCUT2D eigenvalue weighted by Crippen LogP contribution is -2.39. The van der Waals surface area contributed by atoms with E-state index in [1.54, 1.807) is 0 Å². The smallest absolute Gasteiger partial charge is 0.405 e. The number of amides is 2. The van der Waals surface area contributed by atoms with Crippen molar-refractivity contribution in [1.29, 1.82) is 0 Å². The van der Waals surface area contributed by atoms with Crippen LogP contribution in [0.3, 0.4) is 0 Å². The van der Waals surface area contributed by atoms with Gasteiger partial charge in [0.15, 0.2) is 29.1 Å². The summed E-state index contributed by atoms with van der Waals surface area (Å²) in [5.74, 6) is -3.48. The predicted molar refractivity (Wildman–Crippen MR) is 152 cm³/mol. The third kappa shape index (κ3) is 8.25. The minimum absolute atomic E-state index is 0.0355. The van der Waals surface area contributed by atoms with E-state index in [1.165, 1.54) is 25.1 Å². The van der Waals surface area contributed by atoms with Gasteiger partial charge in [-0.25, -0.2) is 31.7 Å². The van der Waals surface area contributed by atoms with Gasteiger partial charge in [-0.3, -0.25) is 4.79 Å². The van der Waals surface area contributed by atoms with E-state index in [4.69, 9.17) is 19.6 Å². The van der Waals surface area contributed by atoms with Crippen LogP contribution in [0.5, 0.6) is 11.5 Å². The van der Waals surface area contributed by atoms with Gasteiger partial charge in [0.1, 0.15) is 11.6 Å². The first-order valence-electron chi connectivity index (χ1n) is 14.2. The number of nitrogens with zero attached hydrogens (tertiary/aromatic N) is 1. The van der Waals surface area contributed by atoms with Gasteiger partial charge in [0.25, 0.3) is 5.91 Å². The van der Waals surface area contributed by atoms with Gasteiger partial charge >= 0.3 is 12.7 Å². The zero-order chi connectivity index (χ0) is 33.2. The Hall–Kier alpha value is -4.38. The molecule has 2 aliphatic carbocycles. The van der Waals surface area contributed by atoms with Crippen LogP contribution in [0.4, 0.5) is 22.4 Å². The Balaban J connectivity index is 1.48. The molecule has 17 heteroatoms. The molecular weight excluding hydrogens is 640 g/mol. The summed E-state index contributed by atoms with van der Waals surface area (Å²) in [5.41, 5.74) is 4.64. The second-order valence-electron chi connectivity index (χ2n) is 10.9. The van der Waals surface area contributed by atoms with Crippen molar-refractivity contribution in [3.63, 3.8) is 0 Å². The summed E-state index contributed by atoms with van der Waals surface area (Å²) in [7, 11) is -3.77. The van der Waals surface area contributed by atoms with Crippen LogP contribution in [-0.2, 0) is 14.8 Å². The molecule has 0 bridgehead atoms. The molecule has 4 N–H and O–H groups in total. The van der Waals surface area contributed by atoms with Gasteiger partial charge in [0.05, 0.1) is 17.9 Å². The first-order chi connectivity index (χ1) is 21.8. The van der Waals surface area contributed by atoms with Gasteiger partial charge in [-0.15, -0.1) is 0 Å². The minimum atomic E-state index is -3.77. The van der Waals surface area contributed by atoms with E-state index in [-0.39, 0.29) is 46.8 Å². The highest BCUT2D eigenvalue weighted by Gasteiger charge is 2.37. The summed E-state index contributed by atoms with van der Waals surface area (Å²) in [6.45, 7) is -2.04. The lowest BCUT2D eigenvalue weighted by molar-refractivity contribution is -0.0515. The number of hydrogen-bond acceptors (Lipinski definition) is 9. The van der Waals surface area contributed by atoms with Gasteiger partial charge in [-0.05, 0) is 62.8 Å². The number of benzene rings is 2. The fraction of sp³-hybridized carbons (Fsp3) is 0.414. The Morgan fingerprint density at radius 2 is 1.83 bits per heavy atom. The van der Waals surface area contributed by atoms with Crippen LogP contribution in [0.1, 0.15) is 66.6 Å². The molecule has 3 aromatic rings. The van der Waals surface area contributed by atoms with Crippen molar-refractivity contribution in [3.05, 3.63) is 65.1 Å². The molecule has 2 amide bonds. The molecule has 248 valence electrons. The fourth-order valence-corrected chi connectivity index (χ4v) is 5.90. The maximum absolute atomic E-state index is 14.8. The number of carbonyl (C=O) groups excluding carboxylic acids is 2. The molecule has 12 nitrogen and oxygen atoms in total. The van der Waals surface area contributed by atoms with Gasteiger partial charge in [-0.2, -0.15) is 8.78 Å².